The lowest BCUT2D eigenvalue weighted by molar-refractivity contribution is 0.282. The molecule has 1 heterocycles. The van der Waals surface area contributed by atoms with Gasteiger partial charge < -0.3 is 15.2 Å². The van der Waals surface area contributed by atoms with Crippen LogP contribution in [0.15, 0.2) is 34.9 Å². The van der Waals surface area contributed by atoms with E-state index in [2.05, 4.69) is 31.2 Å². The molecule has 0 unspecified atom stereocenters. The molecule has 0 atom stereocenters. The predicted molar refractivity (Wildman–Crippen MR) is 76.0 cm³/mol. The van der Waals surface area contributed by atoms with E-state index in [1.165, 1.54) is 0 Å². The van der Waals surface area contributed by atoms with E-state index in [0.29, 0.717) is 22.8 Å². The van der Waals surface area contributed by atoms with Crippen LogP contribution in [-0.2, 0) is 13.2 Å². The van der Waals surface area contributed by atoms with Crippen molar-refractivity contribution in [2.45, 2.75) is 13.2 Å². The van der Waals surface area contributed by atoms with E-state index in [-0.39, 0.29) is 6.61 Å². The number of aliphatic hydroxyl groups is 1. The van der Waals surface area contributed by atoms with Crippen LogP contribution in [-0.4, -0.2) is 22.2 Å². The van der Waals surface area contributed by atoms with Crippen molar-refractivity contribution >= 4 is 21.9 Å². The van der Waals surface area contributed by atoms with Crippen LogP contribution >= 0.6 is 15.9 Å². The second kappa shape index (κ2) is 6.49. The Kier molecular flexibility index (Phi) is 4.70. The van der Waals surface area contributed by atoms with Gasteiger partial charge in [-0.3, -0.25) is 0 Å². The van der Waals surface area contributed by atoms with E-state index in [1.54, 1.807) is 13.3 Å². The number of methoxy groups -OCH3 is 1. The maximum atomic E-state index is 8.97. The van der Waals surface area contributed by atoms with Crippen molar-refractivity contribution in [3.05, 3.63) is 46.1 Å². The van der Waals surface area contributed by atoms with Gasteiger partial charge in [-0.1, -0.05) is 24.3 Å². The lowest BCUT2D eigenvalue weighted by Crippen LogP contribution is -2.04. The van der Waals surface area contributed by atoms with Gasteiger partial charge >= 0.3 is 0 Å². The summed E-state index contributed by atoms with van der Waals surface area (Å²) in [5.41, 5.74) is 1.98. The van der Waals surface area contributed by atoms with Gasteiger partial charge in [-0.25, -0.2) is 4.98 Å². The molecule has 0 amide bonds. The predicted octanol–water partition coefficient (Wildman–Crippen LogP) is 2.35. The Morgan fingerprint density at radius 1 is 1.26 bits per heavy atom. The Labute approximate surface area is 119 Å². The van der Waals surface area contributed by atoms with Crippen LogP contribution in [0.5, 0.6) is 5.88 Å². The number of nitrogens with zero attached hydrogens (tertiary/aromatic N) is 2. The lowest BCUT2D eigenvalue weighted by Gasteiger charge is -2.07. The molecule has 0 bridgehead atoms. The van der Waals surface area contributed by atoms with Gasteiger partial charge in [0.15, 0.2) is 0 Å². The van der Waals surface area contributed by atoms with Gasteiger partial charge in [0.25, 0.3) is 0 Å². The first-order valence-electron chi connectivity index (χ1n) is 5.72. The van der Waals surface area contributed by atoms with Crippen LogP contribution in [0.4, 0.5) is 5.95 Å². The van der Waals surface area contributed by atoms with Crippen molar-refractivity contribution in [1.82, 2.24) is 9.97 Å². The van der Waals surface area contributed by atoms with E-state index < -0.39 is 0 Å². The molecule has 5 nitrogen and oxygen atoms in total. The molecule has 1 aromatic carbocycles. The monoisotopic (exact) mass is 323 g/mol. The largest absolute Gasteiger partial charge is 0.480 e. The number of anilines is 1. The summed E-state index contributed by atoms with van der Waals surface area (Å²) >= 11 is 3.30. The summed E-state index contributed by atoms with van der Waals surface area (Å²) in [6.07, 6.45) is 1.64. The summed E-state index contributed by atoms with van der Waals surface area (Å²) in [4.78, 5) is 8.35. The topological polar surface area (TPSA) is 67.3 Å². The molecule has 0 saturated carbocycles. The van der Waals surface area contributed by atoms with Gasteiger partial charge in [-0.2, -0.15) is 4.98 Å². The maximum absolute atomic E-state index is 8.97. The van der Waals surface area contributed by atoms with Gasteiger partial charge in [0.05, 0.1) is 24.4 Å². The third-order valence-corrected chi connectivity index (χ3v) is 3.11. The summed E-state index contributed by atoms with van der Waals surface area (Å²) in [6, 6.07) is 7.68. The van der Waals surface area contributed by atoms with Gasteiger partial charge in [-0.05, 0) is 27.1 Å². The van der Waals surface area contributed by atoms with Crippen molar-refractivity contribution < 1.29 is 9.84 Å². The zero-order valence-electron chi connectivity index (χ0n) is 10.4. The quantitative estimate of drug-likeness (QED) is 0.884. The van der Waals surface area contributed by atoms with Gasteiger partial charge in [0.2, 0.25) is 11.8 Å². The van der Waals surface area contributed by atoms with Crippen LogP contribution < -0.4 is 10.1 Å². The van der Waals surface area contributed by atoms with Crippen molar-refractivity contribution in [3.8, 4) is 5.88 Å². The molecule has 0 saturated heterocycles. The average Bonchev–Trinajstić information content (AvgIpc) is 2.47. The summed E-state index contributed by atoms with van der Waals surface area (Å²) in [6.45, 7) is 0.664. The number of benzene rings is 1. The number of aromatic nitrogens is 2. The molecule has 0 spiro atoms. The molecule has 0 aliphatic rings. The van der Waals surface area contributed by atoms with Crippen molar-refractivity contribution in [2.75, 3.05) is 12.4 Å². The SMILES string of the molecule is COc1nc(NCc2ccc(CO)cc2)ncc1Br. The first-order valence-corrected chi connectivity index (χ1v) is 6.51. The lowest BCUT2D eigenvalue weighted by atomic mass is 10.1. The highest BCUT2D eigenvalue weighted by atomic mass is 79.9. The molecule has 2 N–H and O–H groups in total. The average molecular weight is 324 g/mol. The molecule has 0 aliphatic heterocycles. The fourth-order valence-electron chi connectivity index (χ4n) is 1.52. The molecule has 2 rings (SSSR count). The normalized spacial score (nSPS) is 10.3. The highest BCUT2D eigenvalue weighted by Gasteiger charge is 2.04. The Bertz CT molecular complexity index is 546. The molecule has 2 aromatic rings. The molecule has 1 aromatic heterocycles. The van der Waals surface area contributed by atoms with E-state index in [0.717, 1.165) is 11.1 Å². The third-order valence-electron chi connectivity index (χ3n) is 2.56. The Morgan fingerprint density at radius 2 is 1.95 bits per heavy atom. The first kappa shape index (κ1) is 13.8. The maximum Gasteiger partial charge on any atom is 0.232 e. The number of nitrogens with one attached hydrogen (secondary N) is 1. The van der Waals surface area contributed by atoms with Gasteiger partial charge in [0.1, 0.15) is 0 Å². The number of halogens is 1. The highest BCUT2D eigenvalue weighted by molar-refractivity contribution is 9.10. The van der Waals surface area contributed by atoms with Crippen LogP contribution in [0, 0.1) is 0 Å². The summed E-state index contributed by atoms with van der Waals surface area (Å²) in [5, 5.41) is 12.1. The minimum absolute atomic E-state index is 0.0563. The minimum Gasteiger partial charge on any atom is -0.480 e. The van der Waals surface area contributed by atoms with Crippen LogP contribution in [0.2, 0.25) is 0 Å². The Morgan fingerprint density at radius 3 is 2.58 bits per heavy atom. The second-order valence-electron chi connectivity index (χ2n) is 3.88. The van der Waals surface area contributed by atoms with Crippen molar-refractivity contribution in [3.63, 3.8) is 0 Å². The second-order valence-corrected chi connectivity index (χ2v) is 4.73. The molecule has 0 aliphatic carbocycles. The zero-order valence-corrected chi connectivity index (χ0v) is 12.0. The van der Waals surface area contributed by atoms with Gasteiger partial charge in [-0.15, -0.1) is 0 Å². The van der Waals surface area contributed by atoms with Crippen LogP contribution in [0.3, 0.4) is 0 Å². The van der Waals surface area contributed by atoms with E-state index in [1.807, 2.05) is 24.3 Å². The molecular weight excluding hydrogens is 310 g/mol. The first-order chi connectivity index (χ1) is 9.22. The van der Waals surface area contributed by atoms with Gasteiger partial charge in [0, 0.05) is 6.54 Å². The number of aliphatic hydroxyl groups excluding tert-OH is 1. The van der Waals surface area contributed by atoms with E-state index in [4.69, 9.17) is 9.84 Å². The summed E-state index contributed by atoms with van der Waals surface area (Å²) in [5.74, 6) is 0.999. The molecule has 6 heteroatoms. The van der Waals surface area contributed by atoms with E-state index >= 15 is 0 Å². The molecule has 0 radical (unpaired) electrons. The molecule has 19 heavy (non-hydrogen) atoms. The zero-order chi connectivity index (χ0) is 13.7. The van der Waals surface area contributed by atoms with Crippen molar-refractivity contribution in [1.29, 1.82) is 0 Å². The van der Waals surface area contributed by atoms with Crippen molar-refractivity contribution in [2.24, 2.45) is 0 Å². The number of rotatable bonds is 5. The minimum atomic E-state index is 0.0563. The number of ether oxygens (including phenoxy) is 1. The Balaban J connectivity index is 2.01. The fraction of sp³-hybridized carbons (Fsp3) is 0.231. The summed E-state index contributed by atoms with van der Waals surface area (Å²) in [7, 11) is 1.56. The standard InChI is InChI=1S/C13H14BrN3O2/c1-19-12-11(14)7-16-13(17-12)15-6-9-2-4-10(8-18)5-3-9/h2-5,7,18H,6,8H2,1H3,(H,15,16,17). The molecular formula is C13H14BrN3O2. The third kappa shape index (κ3) is 3.65. The van der Waals surface area contributed by atoms with Crippen LogP contribution in [0.1, 0.15) is 11.1 Å². The number of hydrogen-bond donors (Lipinski definition) is 2. The van der Waals surface area contributed by atoms with E-state index in [9.17, 15) is 0 Å². The molecule has 0 fully saturated rings. The van der Waals surface area contributed by atoms with Crippen LogP contribution in [0.25, 0.3) is 0 Å². The summed E-state index contributed by atoms with van der Waals surface area (Å²) < 4.78 is 5.82. The Hall–Kier alpha value is -1.66. The fourth-order valence-corrected chi connectivity index (χ4v) is 1.88. The highest BCUT2D eigenvalue weighted by Crippen LogP contribution is 2.21. The molecule has 100 valence electrons. The smallest absolute Gasteiger partial charge is 0.232 e. The number of hydrogen-bond acceptors (Lipinski definition) is 5.